The summed E-state index contributed by atoms with van der Waals surface area (Å²) in [5, 5.41) is 1.05. The van der Waals surface area contributed by atoms with Gasteiger partial charge in [-0.25, -0.2) is 0 Å². The number of benzene rings is 1. The predicted octanol–water partition coefficient (Wildman–Crippen LogP) is 3.63. The van der Waals surface area contributed by atoms with Gasteiger partial charge in [0.25, 0.3) is 0 Å². The molecule has 0 aliphatic carbocycles. The Labute approximate surface area is 130 Å². The molecule has 1 fully saturated rings. The predicted molar refractivity (Wildman–Crippen MR) is 85.8 cm³/mol. The molecule has 0 radical (unpaired) electrons. The van der Waals surface area contributed by atoms with Crippen LogP contribution in [-0.2, 0) is 4.74 Å². The van der Waals surface area contributed by atoms with Crippen LogP contribution in [0.15, 0.2) is 24.3 Å². The van der Waals surface area contributed by atoms with Gasteiger partial charge in [0.15, 0.2) is 0 Å². The molecule has 1 unspecified atom stereocenters. The minimum absolute atomic E-state index is 0.421. The summed E-state index contributed by atoms with van der Waals surface area (Å²) in [4.78, 5) is 2.47. The molecule has 2 rings (SSSR count). The summed E-state index contributed by atoms with van der Waals surface area (Å²) >= 11 is 3.44. The molecule has 0 spiro atoms. The lowest BCUT2D eigenvalue weighted by molar-refractivity contribution is 0.0198. The molecule has 1 aliphatic heterocycles. The second-order valence-electron chi connectivity index (χ2n) is 5.14. The highest BCUT2D eigenvalue weighted by Crippen LogP contribution is 2.24. The number of alkyl halides is 1. The van der Waals surface area contributed by atoms with Crippen LogP contribution in [0.3, 0.4) is 0 Å². The van der Waals surface area contributed by atoms with Gasteiger partial charge in [0, 0.05) is 24.5 Å². The van der Waals surface area contributed by atoms with E-state index >= 15 is 0 Å². The van der Waals surface area contributed by atoms with Gasteiger partial charge in [-0.1, -0.05) is 28.1 Å². The van der Waals surface area contributed by atoms with Crippen LogP contribution < -0.4 is 4.74 Å². The van der Waals surface area contributed by atoms with Crippen molar-refractivity contribution in [2.24, 2.45) is 0 Å². The average molecular weight is 342 g/mol. The SMILES string of the molecule is CC(c1cccc(OCCCCBr)c1)N1CCOCC1. The lowest BCUT2D eigenvalue weighted by Gasteiger charge is -2.32. The normalized spacial score (nSPS) is 17.9. The largest absolute Gasteiger partial charge is 0.494 e. The zero-order valence-electron chi connectivity index (χ0n) is 12.2. The van der Waals surface area contributed by atoms with Crippen molar-refractivity contribution in [1.82, 2.24) is 4.90 Å². The van der Waals surface area contributed by atoms with Gasteiger partial charge in [-0.3, -0.25) is 4.90 Å². The maximum absolute atomic E-state index is 5.82. The van der Waals surface area contributed by atoms with E-state index in [0.717, 1.165) is 56.8 Å². The van der Waals surface area contributed by atoms with Crippen molar-refractivity contribution in [3.63, 3.8) is 0 Å². The van der Waals surface area contributed by atoms with Crippen molar-refractivity contribution in [2.45, 2.75) is 25.8 Å². The van der Waals surface area contributed by atoms with Crippen LogP contribution in [0.5, 0.6) is 5.75 Å². The molecule has 0 amide bonds. The summed E-state index contributed by atoms with van der Waals surface area (Å²) in [6.45, 7) is 6.76. The zero-order valence-corrected chi connectivity index (χ0v) is 13.8. The number of ether oxygens (including phenoxy) is 2. The number of halogens is 1. The van der Waals surface area contributed by atoms with Crippen LogP contribution in [0, 0.1) is 0 Å². The molecule has 0 saturated carbocycles. The van der Waals surface area contributed by atoms with Crippen LogP contribution in [0.25, 0.3) is 0 Å². The molecule has 1 atom stereocenters. The Balaban J connectivity index is 1.90. The second kappa shape index (κ2) is 8.65. The Morgan fingerprint density at radius 1 is 1.30 bits per heavy atom. The van der Waals surface area contributed by atoms with Crippen LogP contribution in [0.2, 0.25) is 0 Å². The maximum atomic E-state index is 5.82. The van der Waals surface area contributed by atoms with Crippen LogP contribution in [-0.4, -0.2) is 43.1 Å². The molecular formula is C16H24BrNO2. The fraction of sp³-hybridized carbons (Fsp3) is 0.625. The smallest absolute Gasteiger partial charge is 0.119 e. The lowest BCUT2D eigenvalue weighted by atomic mass is 10.1. The highest BCUT2D eigenvalue weighted by atomic mass is 79.9. The Morgan fingerprint density at radius 3 is 2.85 bits per heavy atom. The van der Waals surface area contributed by atoms with Gasteiger partial charge in [-0.2, -0.15) is 0 Å². The molecular weight excluding hydrogens is 318 g/mol. The fourth-order valence-electron chi connectivity index (χ4n) is 2.43. The van der Waals surface area contributed by atoms with Gasteiger partial charge in [0.2, 0.25) is 0 Å². The first-order valence-electron chi connectivity index (χ1n) is 7.42. The molecule has 0 aromatic heterocycles. The molecule has 0 bridgehead atoms. The monoisotopic (exact) mass is 341 g/mol. The second-order valence-corrected chi connectivity index (χ2v) is 5.93. The van der Waals surface area contributed by atoms with E-state index in [1.165, 1.54) is 5.56 Å². The van der Waals surface area contributed by atoms with Crippen molar-refractivity contribution in [2.75, 3.05) is 38.2 Å². The van der Waals surface area contributed by atoms with Crippen molar-refractivity contribution in [3.05, 3.63) is 29.8 Å². The Kier molecular flexibility index (Phi) is 6.83. The van der Waals surface area contributed by atoms with Gasteiger partial charge in [0.1, 0.15) is 5.75 Å². The average Bonchev–Trinajstić information content (AvgIpc) is 2.52. The standard InChI is InChI=1S/C16H24BrNO2/c1-14(18-8-11-19-12-9-18)15-5-4-6-16(13-15)20-10-3-2-7-17/h4-6,13-14H,2-3,7-12H2,1H3. The summed E-state index contributed by atoms with van der Waals surface area (Å²) in [5.74, 6) is 0.984. The minimum atomic E-state index is 0.421. The first-order chi connectivity index (χ1) is 9.81. The van der Waals surface area contributed by atoms with Crippen LogP contribution in [0.1, 0.15) is 31.4 Å². The Morgan fingerprint density at radius 2 is 2.10 bits per heavy atom. The molecule has 3 nitrogen and oxygen atoms in total. The van der Waals surface area contributed by atoms with Gasteiger partial charge < -0.3 is 9.47 Å². The third kappa shape index (κ3) is 4.76. The van der Waals surface area contributed by atoms with Crippen molar-refractivity contribution < 1.29 is 9.47 Å². The van der Waals surface area contributed by atoms with Crippen molar-refractivity contribution in [3.8, 4) is 5.75 Å². The topological polar surface area (TPSA) is 21.7 Å². The number of hydrogen-bond acceptors (Lipinski definition) is 3. The fourth-order valence-corrected chi connectivity index (χ4v) is 2.82. The molecule has 1 aromatic rings. The summed E-state index contributed by atoms with van der Waals surface area (Å²) in [7, 11) is 0. The number of hydrogen-bond donors (Lipinski definition) is 0. The summed E-state index contributed by atoms with van der Waals surface area (Å²) in [5.41, 5.74) is 1.32. The summed E-state index contributed by atoms with van der Waals surface area (Å²) in [6.07, 6.45) is 2.25. The molecule has 0 N–H and O–H groups in total. The van der Waals surface area contributed by atoms with E-state index in [4.69, 9.17) is 9.47 Å². The molecule has 20 heavy (non-hydrogen) atoms. The van der Waals surface area contributed by atoms with Gasteiger partial charge in [-0.05, 0) is 37.5 Å². The minimum Gasteiger partial charge on any atom is -0.494 e. The van der Waals surface area contributed by atoms with E-state index < -0.39 is 0 Å². The Bertz CT molecular complexity index is 394. The van der Waals surface area contributed by atoms with Crippen molar-refractivity contribution >= 4 is 15.9 Å². The van der Waals surface area contributed by atoms with Crippen molar-refractivity contribution in [1.29, 1.82) is 0 Å². The summed E-state index contributed by atoms with van der Waals surface area (Å²) < 4.78 is 11.2. The lowest BCUT2D eigenvalue weighted by Crippen LogP contribution is -2.38. The number of morpholine rings is 1. The van der Waals surface area contributed by atoms with E-state index in [1.807, 2.05) is 6.07 Å². The highest BCUT2D eigenvalue weighted by Gasteiger charge is 2.18. The van der Waals surface area contributed by atoms with E-state index in [-0.39, 0.29) is 0 Å². The van der Waals surface area contributed by atoms with Crippen LogP contribution in [0.4, 0.5) is 0 Å². The van der Waals surface area contributed by atoms with Crippen LogP contribution >= 0.6 is 15.9 Å². The molecule has 1 aliphatic rings. The Hall–Kier alpha value is -0.580. The number of nitrogens with zero attached hydrogens (tertiary/aromatic N) is 1. The molecule has 112 valence electrons. The van der Waals surface area contributed by atoms with E-state index in [2.05, 4.69) is 46.0 Å². The maximum Gasteiger partial charge on any atom is 0.119 e. The van der Waals surface area contributed by atoms with E-state index in [1.54, 1.807) is 0 Å². The summed E-state index contributed by atoms with van der Waals surface area (Å²) in [6, 6.07) is 8.92. The van der Waals surface area contributed by atoms with Gasteiger partial charge >= 0.3 is 0 Å². The third-order valence-electron chi connectivity index (χ3n) is 3.73. The molecule has 1 saturated heterocycles. The highest BCUT2D eigenvalue weighted by molar-refractivity contribution is 9.09. The molecule has 1 heterocycles. The first kappa shape index (κ1) is 15.8. The molecule has 1 aromatic carbocycles. The zero-order chi connectivity index (χ0) is 14.2. The van der Waals surface area contributed by atoms with E-state index in [9.17, 15) is 0 Å². The third-order valence-corrected chi connectivity index (χ3v) is 4.29. The quantitative estimate of drug-likeness (QED) is 0.558. The van der Waals surface area contributed by atoms with E-state index in [0.29, 0.717) is 6.04 Å². The van der Waals surface area contributed by atoms with Gasteiger partial charge in [-0.15, -0.1) is 0 Å². The van der Waals surface area contributed by atoms with Gasteiger partial charge in [0.05, 0.1) is 19.8 Å². The first-order valence-corrected chi connectivity index (χ1v) is 8.54. The number of rotatable bonds is 7. The number of unbranched alkanes of at least 4 members (excludes halogenated alkanes) is 1. The molecule has 4 heteroatoms.